The SMILES string of the molecule is Oc1cncc2c1CCCC2. The fourth-order valence-electron chi connectivity index (χ4n) is 1.64. The highest BCUT2D eigenvalue weighted by atomic mass is 16.3. The van der Waals surface area contributed by atoms with Crippen LogP contribution in [0.3, 0.4) is 0 Å². The molecule has 0 amide bonds. The summed E-state index contributed by atoms with van der Waals surface area (Å²) in [5.41, 5.74) is 2.35. The molecule has 1 aliphatic rings. The summed E-state index contributed by atoms with van der Waals surface area (Å²) in [6.45, 7) is 0. The monoisotopic (exact) mass is 149 g/mol. The average Bonchev–Trinajstić information content (AvgIpc) is 2.06. The lowest BCUT2D eigenvalue weighted by Gasteiger charge is -2.15. The highest BCUT2D eigenvalue weighted by Crippen LogP contribution is 2.26. The summed E-state index contributed by atoms with van der Waals surface area (Å²) in [7, 11) is 0. The molecule has 0 radical (unpaired) electrons. The van der Waals surface area contributed by atoms with Crippen LogP contribution in [0, 0.1) is 0 Å². The normalized spacial score (nSPS) is 16.0. The predicted molar refractivity (Wildman–Crippen MR) is 42.5 cm³/mol. The molecule has 2 nitrogen and oxygen atoms in total. The van der Waals surface area contributed by atoms with E-state index in [1.54, 1.807) is 0 Å². The van der Waals surface area contributed by atoms with E-state index in [9.17, 15) is 5.11 Å². The third-order valence-electron chi connectivity index (χ3n) is 2.25. The molecular formula is C9H11NO. The Balaban J connectivity index is 2.49. The van der Waals surface area contributed by atoms with Crippen molar-refractivity contribution in [3.63, 3.8) is 0 Å². The molecule has 2 rings (SSSR count). The molecule has 0 spiro atoms. The van der Waals surface area contributed by atoms with Gasteiger partial charge in [-0.05, 0) is 31.2 Å². The molecule has 0 aromatic carbocycles. The Morgan fingerprint density at radius 1 is 1.18 bits per heavy atom. The summed E-state index contributed by atoms with van der Waals surface area (Å²) in [5, 5.41) is 9.39. The van der Waals surface area contributed by atoms with Gasteiger partial charge in [-0.3, -0.25) is 4.98 Å². The molecule has 0 bridgehead atoms. The standard InChI is InChI=1S/C9H11NO/c11-9-6-10-5-7-3-1-2-4-8(7)9/h5-6,11H,1-4H2. The Hall–Kier alpha value is -1.05. The zero-order valence-electron chi connectivity index (χ0n) is 6.38. The molecule has 2 heteroatoms. The first kappa shape index (κ1) is 6.65. The minimum atomic E-state index is 0.377. The van der Waals surface area contributed by atoms with Gasteiger partial charge in [-0.15, -0.1) is 0 Å². The molecule has 11 heavy (non-hydrogen) atoms. The highest BCUT2D eigenvalue weighted by molar-refractivity contribution is 5.37. The van der Waals surface area contributed by atoms with E-state index in [1.807, 2.05) is 6.20 Å². The van der Waals surface area contributed by atoms with Crippen LogP contribution >= 0.6 is 0 Å². The smallest absolute Gasteiger partial charge is 0.137 e. The van der Waals surface area contributed by atoms with Crippen molar-refractivity contribution in [1.29, 1.82) is 0 Å². The summed E-state index contributed by atoms with van der Waals surface area (Å²) >= 11 is 0. The van der Waals surface area contributed by atoms with Crippen LogP contribution in [0.4, 0.5) is 0 Å². The van der Waals surface area contributed by atoms with Gasteiger partial charge >= 0.3 is 0 Å². The Labute approximate surface area is 65.9 Å². The van der Waals surface area contributed by atoms with Crippen LogP contribution in [-0.2, 0) is 12.8 Å². The number of aryl methyl sites for hydroxylation is 1. The highest BCUT2D eigenvalue weighted by Gasteiger charge is 2.12. The lowest BCUT2D eigenvalue weighted by Crippen LogP contribution is -2.02. The first-order valence-corrected chi connectivity index (χ1v) is 4.02. The van der Waals surface area contributed by atoms with Crippen LogP contribution in [0.2, 0.25) is 0 Å². The minimum absolute atomic E-state index is 0.377. The molecule has 0 fully saturated rings. The van der Waals surface area contributed by atoms with Gasteiger partial charge in [0.1, 0.15) is 5.75 Å². The van der Waals surface area contributed by atoms with Gasteiger partial charge < -0.3 is 5.11 Å². The second kappa shape index (κ2) is 2.53. The molecule has 1 heterocycles. The van der Waals surface area contributed by atoms with Gasteiger partial charge in [0.25, 0.3) is 0 Å². The van der Waals surface area contributed by atoms with Crippen molar-refractivity contribution in [2.75, 3.05) is 0 Å². The Morgan fingerprint density at radius 3 is 2.82 bits per heavy atom. The van der Waals surface area contributed by atoms with E-state index in [2.05, 4.69) is 4.98 Å². The maximum atomic E-state index is 9.39. The minimum Gasteiger partial charge on any atom is -0.506 e. The van der Waals surface area contributed by atoms with E-state index in [4.69, 9.17) is 0 Å². The fraction of sp³-hybridized carbons (Fsp3) is 0.444. The summed E-state index contributed by atoms with van der Waals surface area (Å²) in [6, 6.07) is 0. The number of nitrogens with zero attached hydrogens (tertiary/aromatic N) is 1. The van der Waals surface area contributed by atoms with Gasteiger partial charge in [0.05, 0.1) is 6.20 Å². The summed E-state index contributed by atoms with van der Waals surface area (Å²) in [5.74, 6) is 0.377. The lowest BCUT2D eigenvalue weighted by molar-refractivity contribution is 0.459. The molecular weight excluding hydrogens is 138 g/mol. The first-order valence-electron chi connectivity index (χ1n) is 4.02. The molecule has 1 aliphatic carbocycles. The van der Waals surface area contributed by atoms with Crippen LogP contribution in [0.25, 0.3) is 0 Å². The lowest BCUT2D eigenvalue weighted by atomic mass is 9.93. The Morgan fingerprint density at radius 2 is 2.00 bits per heavy atom. The van der Waals surface area contributed by atoms with Crippen molar-refractivity contribution >= 4 is 0 Å². The summed E-state index contributed by atoms with van der Waals surface area (Å²) in [6.07, 6.45) is 7.93. The number of rotatable bonds is 0. The van der Waals surface area contributed by atoms with Crippen molar-refractivity contribution in [3.8, 4) is 5.75 Å². The van der Waals surface area contributed by atoms with Gasteiger partial charge in [0, 0.05) is 11.8 Å². The molecule has 1 aromatic heterocycles. The van der Waals surface area contributed by atoms with E-state index < -0.39 is 0 Å². The van der Waals surface area contributed by atoms with E-state index in [1.165, 1.54) is 24.6 Å². The van der Waals surface area contributed by atoms with Crippen molar-refractivity contribution in [2.24, 2.45) is 0 Å². The van der Waals surface area contributed by atoms with E-state index in [0.29, 0.717) is 5.75 Å². The van der Waals surface area contributed by atoms with Gasteiger partial charge in [-0.2, -0.15) is 0 Å². The van der Waals surface area contributed by atoms with Crippen molar-refractivity contribution in [1.82, 2.24) is 4.98 Å². The summed E-state index contributed by atoms with van der Waals surface area (Å²) < 4.78 is 0. The molecule has 1 aromatic rings. The fourth-order valence-corrected chi connectivity index (χ4v) is 1.64. The molecule has 58 valence electrons. The Bertz CT molecular complexity index is 270. The summed E-state index contributed by atoms with van der Waals surface area (Å²) in [4.78, 5) is 3.95. The third kappa shape index (κ3) is 1.09. The maximum absolute atomic E-state index is 9.39. The molecule has 0 aliphatic heterocycles. The molecule has 0 saturated carbocycles. The Kier molecular flexibility index (Phi) is 1.53. The van der Waals surface area contributed by atoms with Crippen LogP contribution in [-0.4, -0.2) is 10.1 Å². The number of pyridine rings is 1. The predicted octanol–water partition coefficient (Wildman–Crippen LogP) is 1.67. The second-order valence-corrected chi connectivity index (χ2v) is 3.00. The number of fused-ring (bicyclic) bond motifs is 1. The quantitative estimate of drug-likeness (QED) is 0.608. The third-order valence-corrected chi connectivity index (χ3v) is 2.25. The van der Waals surface area contributed by atoms with Gasteiger partial charge in [-0.1, -0.05) is 0 Å². The number of aromatic hydroxyl groups is 1. The van der Waals surface area contributed by atoms with Gasteiger partial charge in [0.15, 0.2) is 0 Å². The van der Waals surface area contributed by atoms with Crippen molar-refractivity contribution in [3.05, 3.63) is 23.5 Å². The van der Waals surface area contributed by atoms with Crippen LogP contribution in [0.1, 0.15) is 24.0 Å². The first-order chi connectivity index (χ1) is 5.38. The van der Waals surface area contributed by atoms with Crippen LogP contribution < -0.4 is 0 Å². The second-order valence-electron chi connectivity index (χ2n) is 3.00. The topological polar surface area (TPSA) is 33.1 Å². The molecule has 1 N–H and O–H groups in total. The zero-order chi connectivity index (χ0) is 7.68. The average molecular weight is 149 g/mol. The van der Waals surface area contributed by atoms with E-state index >= 15 is 0 Å². The van der Waals surface area contributed by atoms with E-state index in [0.717, 1.165) is 18.4 Å². The number of hydrogen-bond donors (Lipinski definition) is 1. The number of aromatic nitrogens is 1. The van der Waals surface area contributed by atoms with Crippen LogP contribution in [0.15, 0.2) is 12.4 Å². The van der Waals surface area contributed by atoms with Gasteiger partial charge in [0.2, 0.25) is 0 Å². The van der Waals surface area contributed by atoms with Crippen molar-refractivity contribution in [2.45, 2.75) is 25.7 Å². The zero-order valence-corrected chi connectivity index (χ0v) is 6.38. The number of hydrogen-bond acceptors (Lipinski definition) is 2. The molecule has 0 unspecified atom stereocenters. The van der Waals surface area contributed by atoms with Crippen LogP contribution in [0.5, 0.6) is 5.75 Å². The largest absolute Gasteiger partial charge is 0.506 e. The van der Waals surface area contributed by atoms with Crippen molar-refractivity contribution < 1.29 is 5.11 Å². The van der Waals surface area contributed by atoms with Gasteiger partial charge in [-0.25, -0.2) is 0 Å². The van der Waals surface area contributed by atoms with E-state index in [-0.39, 0.29) is 0 Å². The maximum Gasteiger partial charge on any atom is 0.137 e. The molecule has 0 atom stereocenters. The molecule has 0 saturated heterocycles.